The van der Waals surface area contributed by atoms with Gasteiger partial charge in [-0.25, -0.2) is 0 Å². The van der Waals surface area contributed by atoms with Crippen molar-refractivity contribution < 1.29 is 5.11 Å². The van der Waals surface area contributed by atoms with E-state index < -0.39 is 0 Å². The predicted octanol–water partition coefficient (Wildman–Crippen LogP) is 8.11. The number of fused-ring (bicyclic) bond motifs is 5. The number of aliphatic hydroxyl groups excluding tert-OH is 1. The maximum atomic E-state index is 11.7. The molecule has 0 amide bonds. The first kappa shape index (κ1) is 32.1. The van der Waals surface area contributed by atoms with Crippen molar-refractivity contribution in [3.63, 3.8) is 0 Å². The lowest BCUT2D eigenvalue weighted by Gasteiger charge is -2.62. The molecule has 4 aliphatic rings. The molecule has 0 aromatic rings. The zero-order valence-corrected chi connectivity index (χ0v) is 26.7. The van der Waals surface area contributed by atoms with Gasteiger partial charge in [-0.3, -0.25) is 0 Å². The van der Waals surface area contributed by atoms with E-state index in [2.05, 4.69) is 55.3 Å². The molecule has 0 aliphatic heterocycles. The Morgan fingerprint density at radius 3 is 2.38 bits per heavy atom. The van der Waals surface area contributed by atoms with Crippen LogP contribution in [-0.4, -0.2) is 43.4 Å². The fourth-order valence-corrected chi connectivity index (χ4v) is 10.6. The molecule has 3 N–H and O–H groups in total. The molecule has 230 valence electrons. The molecule has 0 saturated heterocycles. The molecule has 4 saturated carbocycles. The third-order valence-corrected chi connectivity index (χ3v) is 12.8. The molecule has 6 nitrogen and oxygen atoms in total. The van der Waals surface area contributed by atoms with Crippen LogP contribution in [0.5, 0.6) is 0 Å². The Morgan fingerprint density at radius 1 is 0.850 bits per heavy atom. The lowest BCUT2D eigenvalue weighted by molar-refractivity contribution is -0.162. The van der Waals surface area contributed by atoms with E-state index in [0.717, 1.165) is 87.2 Å². The van der Waals surface area contributed by atoms with Crippen molar-refractivity contribution in [3.05, 3.63) is 10.4 Å². The Kier molecular flexibility index (Phi) is 11.7. The fourth-order valence-electron chi connectivity index (χ4n) is 10.6. The Morgan fingerprint density at radius 2 is 1.60 bits per heavy atom. The quantitative estimate of drug-likeness (QED) is 0.0821. The van der Waals surface area contributed by atoms with Crippen molar-refractivity contribution in [2.75, 3.05) is 26.2 Å². The predicted molar refractivity (Wildman–Crippen MR) is 167 cm³/mol. The second-order valence-corrected chi connectivity index (χ2v) is 15.5. The van der Waals surface area contributed by atoms with E-state index >= 15 is 0 Å². The van der Waals surface area contributed by atoms with E-state index in [9.17, 15) is 5.11 Å². The van der Waals surface area contributed by atoms with Gasteiger partial charge in [0.15, 0.2) is 0 Å². The highest BCUT2D eigenvalue weighted by Gasteiger charge is 2.62. The minimum atomic E-state index is -0.118. The van der Waals surface area contributed by atoms with Crippen LogP contribution in [0.3, 0.4) is 0 Å². The van der Waals surface area contributed by atoms with Gasteiger partial charge >= 0.3 is 0 Å². The van der Waals surface area contributed by atoms with E-state index in [0.29, 0.717) is 29.3 Å². The average molecular weight is 558 g/mol. The molecule has 0 aromatic heterocycles. The molecule has 40 heavy (non-hydrogen) atoms. The van der Waals surface area contributed by atoms with Gasteiger partial charge in [-0.15, -0.1) is 0 Å². The molecule has 6 heteroatoms. The second-order valence-electron chi connectivity index (χ2n) is 15.5. The third-order valence-electron chi connectivity index (χ3n) is 12.8. The van der Waals surface area contributed by atoms with Crippen LogP contribution >= 0.6 is 0 Å². The smallest absolute Gasteiger partial charge is 0.0577 e. The molecule has 0 heterocycles. The van der Waals surface area contributed by atoms with E-state index in [1.807, 2.05) is 0 Å². The molecule has 0 bridgehead atoms. The van der Waals surface area contributed by atoms with Gasteiger partial charge in [0.25, 0.3) is 0 Å². The van der Waals surface area contributed by atoms with Gasteiger partial charge in [-0.2, -0.15) is 0 Å². The Balaban J connectivity index is 1.25. The molecule has 4 fully saturated rings. The van der Waals surface area contributed by atoms with Gasteiger partial charge in [0.2, 0.25) is 0 Å². The largest absolute Gasteiger partial charge is 0.393 e. The van der Waals surface area contributed by atoms with Crippen LogP contribution in [0.15, 0.2) is 5.11 Å². The van der Waals surface area contributed by atoms with E-state index in [-0.39, 0.29) is 6.10 Å². The summed E-state index contributed by atoms with van der Waals surface area (Å²) in [6.45, 7) is 16.2. The van der Waals surface area contributed by atoms with E-state index in [4.69, 9.17) is 5.53 Å². The van der Waals surface area contributed by atoms with Crippen LogP contribution in [0, 0.1) is 52.3 Å². The van der Waals surface area contributed by atoms with Gasteiger partial charge in [0.1, 0.15) is 0 Å². The van der Waals surface area contributed by atoms with Crippen LogP contribution in [0.4, 0.5) is 0 Å². The highest BCUT2D eigenvalue weighted by molar-refractivity contribution is 5.11. The SMILES string of the molecule is CC(C)CCC[C@@H](C)[C@H]1CCC2C3C[C@@H](O)[C@H]4C[C@H](NCCCNCCCCN=[N+]=[N-])CC[C@]4(C)C3CC[C@@]21C. The Hall–Kier alpha value is -0.810. The number of rotatable bonds is 15. The molecule has 0 spiro atoms. The molecule has 4 rings (SSSR count). The number of hydrogen-bond donors (Lipinski definition) is 3. The van der Waals surface area contributed by atoms with Crippen LogP contribution in [0.1, 0.15) is 125 Å². The minimum absolute atomic E-state index is 0.118. The second kappa shape index (κ2) is 14.6. The van der Waals surface area contributed by atoms with Crippen molar-refractivity contribution in [2.45, 2.75) is 137 Å². The number of hydrogen-bond acceptors (Lipinski definition) is 4. The molecule has 10 atom stereocenters. The standard InChI is InChI=1S/C34H63N5O/c1-24(2)10-8-11-25(3)28-12-13-29-27-23-32(40)31-22-26(37-20-9-19-36-18-6-7-21-38-39-35)14-16-34(31,5)30(27)15-17-33(28,29)4/h24-32,36-37,40H,6-23H2,1-5H3/t25-,26-,27?,28-,29?,30?,31-,32-,33-,34-/m1/s1. The number of nitrogens with zero attached hydrogens (tertiary/aromatic N) is 3. The first-order valence-electron chi connectivity index (χ1n) is 17.3. The van der Waals surface area contributed by atoms with Gasteiger partial charge in [-0.1, -0.05) is 59.0 Å². The summed E-state index contributed by atoms with van der Waals surface area (Å²) in [4.78, 5) is 2.81. The van der Waals surface area contributed by atoms with Gasteiger partial charge < -0.3 is 15.7 Å². The molecule has 0 radical (unpaired) electrons. The topological polar surface area (TPSA) is 93.0 Å². The van der Waals surface area contributed by atoms with Crippen molar-refractivity contribution in [3.8, 4) is 0 Å². The molecular weight excluding hydrogens is 494 g/mol. The van der Waals surface area contributed by atoms with Crippen molar-refractivity contribution in [1.82, 2.24) is 10.6 Å². The number of nitrogens with one attached hydrogen (secondary N) is 2. The number of azide groups is 1. The number of aliphatic hydroxyl groups is 1. The minimum Gasteiger partial charge on any atom is -0.393 e. The van der Waals surface area contributed by atoms with Crippen molar-refractivity contribution >= 4 is 0 Å². The zero-order chi connectivity index (χ0) is 28.8. The highest BCUT2D eigenvalue weighted by Crippen LogP contribution is 2.68. The Labute approximate surface area is 246 Å². The fraction of sp³-hybridized carbons (Fsp3) is 1.00. The summed E-state index contributed by atoms with van der Waals surface area (Å²) >= 11 is 0. The molecule has 0 aromatic carbocycles. The van der Waals surface area contributed by atoms with Gasteiger partial charge in [0.05, 0.1) is 6.10 Å². The van der Waals surface area contributed by atoms with Crippen LogP contribution in [-0.2, 0) is 0 Å². The molecule has 4 aliphatic carbocycles. The highest BCUT2D eigenvalue weighted by atomic mass is 16.3. The molecule has 3 unspecified atom stereocenters. The molecular formula is C34H63N5O. The Bertz CT molecular complexity index is 829. The van der Waals surface area contributed by atoms with Crippen LogP contribution in [0.25, 0.3) is 10.4 Å². The van der Waals surface area contributed by atoms with E-state index in [1.54, 1.807) is 0 Å². The lowest BCUT2D eigenvalue weighted by atomic mass is 9.43. The summed E-state index contributed by atoms with van der Waals surface area (Å²) < 4.78 is 0. The third kappa shape index (κ3) is 7.21. The average Bonchev–Trinajstić information content (AvgIpc) is 3.27. The van der Waals surface area contributed by atoms with Gasteiger partial charge in [0, 0.05) is 17.5 Å². The lowest BCUT2D eigenvalue weighted by Crippen LogP contribution is -2.59. The van der Waals surface area contributed by atoms with Crippen LogP contribution in [0.2, 0.25) is 0 Å². The zero-order valence-electron chi connectivity index (χ0n) is 26.7. The summed E-state index contributed by atoms with van der Waals surface area (Å²) in [5, 5.41) is 22.6. The maximum absolute atomic E-state index is 11.7. The summed E-state index contributed by atoms with van der Waals surface area (Å²) in [5.74, 6) is 5.42. The summed E-state index contributed by atoms with van der Waals surface area (Å²) in [6.07, 6.45) is 17.7. The normalized spacial score (nSPS) is 39.7. The van der Waals surface area contributed by atoms with E-state index in [1.165, 1.54) is 57.8 Å². The van der Waals surface area contributed by atoms with Crippen molar-refractivity contribution in [2.24, 2.45) is 57.4 Å². The monoisotopic (exact) mass is 558 g/mol. The summed E-state index contributed by atoms with van der Waals surface area (Å²) in [7, 11) is 0. The maximum Gasteiger partial charge on any atom is 0.0577 e. The van der Waals surface area contributed by atoms with Crippen molar-refractivity contribution in [1.29, 1.82) is 0 Å². The van der Waals surface area contributed by atoms with Crippen LogP contribution < -0.4 is 10.6 Å². The van der Waals surface area contributed by atoms with Gasteiger partial charge in [-0.05, 0) is 148 Å². The summed E-state index contributed by atoms with van der Waals surface area (Å²) in [6, 6.07) is 0.560. The first-order valence-corrected chi connectivity index (χ1v) is 17.3. The first-order chi connectivity index (χ1) is 19.2. The summed E-state index contributed by atoms with van der Waals surface area (Å²) in [5.41, 5.74) is 9.16. The number of unbranched alkanes of at least 4 members (excludes halogenated alkanes) is 1.